The lowest BCUT2D eigenvalue weighted by molar-refractivity contribution is -0.274. The van der Waals surface area contributed by atoms with Crippen LogP contribution in [0, 0.1) is 11.3 Å². The Morgan fingerprint density at radius 1 is 1.20 bits per heavy atom. The van der Waals surface area contributed by atoms with Crippen LogP contribution in [0.25, 0.3) is 16.6 Å². The lowest BCUT2D eigenvalue weighted by atomic mass is 10.2. The molecule has 0 bridgehead atoms. The van der Waals surface area contributed by atoms with Crippen molar-refractivity contribution in [2.24, 2.45) is 0 Å². The zero-order chi connectivity index (χ0) is 25.3. The molecule has 0 aliphatic rings. The van der Waals surface area contributed by atoms with Crippen molar-refractivity contribution in [1.82, 2.24) is 19.5 Å². The van der Waals surface area contributed by atoms with E-state index in [0.29, 0.717) is 5.52 Å². The number of nitriles is 1. The normalized spacial score (nSPS) is 12.2. The Hall–Kier alpha value is -4.37. The summed E-state index contributed by atoms with van der Waals surface area (Å²) in [5.74, 6) is -0.234. The van der Waals surface area contributed by atoms with Crippen molar-refractivity contribution in [2.45, 2.75) is 19.3 Å². The molecule has 0 saturated heterocycles. The first-order valence-electron chi connectivity index (χ1n) is 9.94. The SMILES string of the molecule is CC(Nc1nc(N)ncc1C#N)c1nc2cccc(Cl)c2c(=O)n1-c1ccc(OC(F)(F)F)cc1. The summed E-state index contributed by atoms with van der Waals surface area (Å²) in [5, 5.41) is 12.6. The zero-order valence-electron chi connectivity index (χ0n) is 17.8. The highest BCUT2D eigenvalue weighted by Gasteiger charge is 2.31. The number of nitrogens with zero attached hydrogens (tertiary/aromatic N) is 5. The third kappa shape index (κ3) is 4.95. The molecule has 0 spiro atoms. The number of fused-ring (bicyclic) bond motifs is 1. The molecule has 0 aliphatic carbocycles. The van der Waals surface area contributed by atoms with Crippen LogP contribution in [-0.2, 0) is 0 Å². The quantitative estimate of drug-likeness (QED) is 0.412. The van der Waals surface area contributed by atoms with Gasteiger partial charge in [0.15, 0.2) is 0 Å². The van der Waals surface area contributed by atoms with Gasteiger partial charge in [-0.05, 0) is 43.3 Å². The van der Waals surface area contributed by atoms with E-state index in [9.17, 15) is 23.2 Å². The van der Waals surface area contributed by atoms with Crippen LogP contribution in [0.15, 0.2) is 53.5 Å². The van der Waals surface area contributed by atoms with Crippen LogP contribution < -0.4 is 21.3 Å². The van der Waals surface area contributed by atoms with Gasteiger partial charge in [0.05, 0.1) is 33.9 Å². The van der Waals surface area contributed by atoms with E-state index in [2.05, 4.69) is 25.0 Å². The van der Waals surface area contributed by atoms with E-state index in [0.717, 1.165) is 12.1 Å². The van der Waals surface area contributed by atoms with Gasteiger partial charge in [0.2, 0.25) is 5.95 Å². The highest BCUT2D eigenvalue weighted by Crippen LogP contribution is 2.27. The molecule has 0 fully saturated rings. The summed E-state index contributed by atoms with van der Waals surface area (Å²) < 4.78 is 42.8. The fourth-order valence-electron chi connectivity index (χ4n) is 3.40. The molecular weight excluding hydrogens is 487 g/mol. The number of rotatable bonds is 5. The topological polar surface area (TPSA) is 132 Å². The molecule has 3 N–H and O–H groups in total. The molecule has 4 rings (SSSR count). The van der Waals surface area contributed by atoms with Crippen LogP contribution in [-0.4, -0.2) is 25.9 Å². The Morgan fingerprint density at radius 3 is 2.57 bits per heavy atom. The fourth-order valence-corrected chi connectivity index (χ4v) is 3.65. The van der Waals surface area contributed by atoms with E-state index in [-0.39, 0.29) is 39.3 Å². The minimum atomic E-state index is -4.86. The lowest BCUT2D eigenvalue weighted by Crippen LogP contribution is -2.28. The van der Waals surface area contributed by atoms with E-state index in [1.807, 2.05) is 6.07 Å². The second-order valence-electron chi connectivity index (χ2n) is 7.25. The number of aromatic nitrogens is 4. The number of hydrogen-bond donors (Lipinski definition) is 2. The first kappa shape index (κ1) is 23.8. The van der Waals surface area contributed by atoms with Gasteiger partial charge in [-0.2, -0.15) is 10.2 Å². The minimum Gasteiger partial charge on any atom is -0.406 e. The number of halogens is 4. The first-order valence-corrected chi connectivity index (χ1v) is 10.3. The van der Waals surface area contributed by atoms with Gasteiger partial charge >= 0.3 is 6.36 Å². The van der Waals surface area contributed by atoms with Crippen molar-refractivity contribution >= 4 is 34.3 Å². The summed E-state index contributed by atoms with van der Waals surface area (Å²) >= 11 is 6.26. The number of nitrogens with one attached hydrogen (secondary N) is 1. The van der Waals surface area contributed by atoms with Crippen LogP contribution in [0.5, 0.6) is 5.75 Å². The lowest BCUT2D eigenvalue weighted by Gasteiger charge is -2.21. The number of nitrogen functional groups attached to an aromatic ring is 1. The second-order valence-corrected chi connectivity index (χ2v) is 7.66. The van der Waals surface area contributed by atoms with E-state index in [4.69, 9.17) is 17.3 Å². The highest BCUT2D eigenvalue weighted by atomic mass is 35.5. The van der Waals surface area contributed by atoms with Crippen molar-refractivity contribution in [3.8, 4) is 17.5 Å². The Labute approximate surface area is 200 Å². The molecule has 2 heterocycles. The summed E-state index contributed by atoms with van der Waals surface area (Å²) in [6.45, 7) is 1.66. The van der Waals surface area contributed by atoms with Gasteiger partial charge in [-0.15, -0.1) is 13.2 Å². The maximum Gasteiger partial charge on any atom is 0.573 e. The highest BCUT2D eigenvalue weighted by molar-refractivity contribution is 6.35. The summed E-state index contributed by atoms with van der Waals surface area (Å²) in [5.41, 5.74) is 5.73. The largest absolute Gasteiger partial charge is 0.573 e. The average Bonchev–Trinajstić information content (AvgIpc) is 2.79. The number of anilines is 2. The van der Waals surface area contributed by atoms with Crippen molar-refractivity contribution in [3.05, 3.63) is 75.4 Å². The summed E-state index contributed by atoms with van der Waals surface area (Å²) in [6.07, 6.45) is -3.62. The van der Waals surface area contributed by atoms with Crippen molar-refractivity contribution in [2.75, 3.05) is 11.1 Å². The Morgan fingerprint density at radius 2 is 1.91 bits per heavy atom. The number of hydrogen-bond acceptors (Lipinski definition) is 8. The zero-order valence-corrected chi connectivity index (χ0v) is 18.6. The van der Waals surface area contributed by atoms with Crippen LogP contribution in [0.1, 0.15) is 24.4 Å². The molecule has 1 unspecified atom stereocenters. The molecule has 2 aromatic heterocycles. The number of nitrogens with two attached hydrogens (primary N) is 1. The molecule has 0 radical (unpaired) electrons. The van der Waals surface area contributed by atoms with Crippen LogP contribution in [0.3, 0.4) is 0 Å². The summed E-state index contributed by atoms with van der Waals surface area (Å²) in [4.78, 5) is 25.9. The van der Waals surface area contributed by atoms with E-state index in [1.165, 1.54) is 29.0 Å². The molecule has 178 valence electrons. The van der Waals surface area contributed by atoms with Gasteiger partial charge in [0.25, 0.3) is 5.56 Å². The predicted octanol–water partition coefficient (Wildman–Crippen LogP) is 4.35. The molecule has 13 heteroatoms. The van der Waals surface area contributed by atoms with Crippen molar-refractivity contribution < 1.29 is 17.9 Å². The monoisotopic (exact) mass is 501 g/mol. The summed E-state index contributed by atoms with van der Waals surface area (Å²) in [6, 6.07) is 10.7. The minimum absolute atomic E-state index is 0.0744. The summed E-state index contributed by atoms with van der Waals surface area (Å²) in [7, 11) is 0. The molecular formula is C22H15ClF3N7O2. The molecule has 0 aliphatic heterocycles. The van der Waals surface area contributed by atoms with Gasteiger partial charge in [-0.3, -0.25) is 9.36 Å². The van der Waals surface area contributed by atoms with E-state index in [1.54, 1.807) is 19.1 Å². The molecule has 35 heavy (non-hydrogen) atoms. The third-order valence-corrected chi connectivity index (χ3v) is 5.18. The molecule has 2 aromatic carbocycles. The second kappa shape index (κ2) is 9.11. The van der Waals surface area contributed by atoms with E-state index < -0.39 is 23.7 Å². The van der Waals surface area contributed by atoms with Crippen LogP contribution >= 0.6 is 11.6 Å². The van der Waals surface area contributed by atoms with Crippen molar-refractivity contribution in [1.29, 1.82) is 5.26 Å². The molecule has 4 aromatic rings. The molecule has 1 atom stereocenters. The third-order valence-electron chi connectivity index (χ3n) is 4.87. The van der Waals surface area contributed by atoms with Gasteiger partial charge in [0.1, 0.15) is 29.0 Å². The van der Waals surface area contributed by atoms with Gasteiger partial charge in [-0.25, -0.2) is 9.97 Å². The molecule has 0 saturated carbocycles. The van der Waals surface area contributed by atoms with Crippen molar-refractivity contribution in [3.63, 3.8) is 0 Å². The smallest absolute Gasteiger partial charge is 0.406 e. The van der Waals surface area contributed by atoms with Gasteiger partial charge in [-0.1, -0.05) is 17.7 Å². The number of benzene rings is 2. The number of alkyl halides is 3. The van der Waals surface area contributed by atoms with E-state index >= 15 is 0 Å². The molecule has 0 amide bonds. The Bertz CT molecular complexity index is 1520. The maximum atomic E-state index is 13.5. The average molecular weight is 502 g/mol. The predicted molar refractivity (Wildman–Crippen MR) is 122 cm³/mol. The van der Waals surface area contributed by atoms with Crippen LogP contribution in [0.4, 0.5) is 24.9 Å². The Kier molecular flexibility index (Phi) is 6.19. The molecule has 9 nitrogen and oxygen atoms in total. The maximum absolute atomic E-state index is 13.5. The fraction of sp³-hybridized carbons (Fsp3) is 0.136. The standard InChI is InChI=1S/C22H15ClF3N7O2/c1-11(30-18-12(9-27)10-29-21(28)32-18)19-31-16-4-2-3-15(23)17(16)20(34)33(19)13-5-7-14(8-6-13)35-22(24,25)26/h2-8,10-11H,1H3,(H3,28,29,30,32). The van der Waals surface area contributed by atoms with Gasteiger partial charge in [0, 0.05) is 0 Å². The first-order chi connectivity index (χ1) is 16.6. The van der Waals surface area contributed by atoms with Gasteiger partial charge < -0.3 is 15.8 Å². The van der Waals surface area contributed by atoms with Crippen LogP contribution in [0.2, 0.25) is 5.02 Å². The number of ether oxygens (including phenoxy) is 1. The Balaban J connectivity index is 1.87.